The molecule has 0 aliphatic rings. The first-order valence-electron chi connectivity index (χ1n) is 6.07. The molecular formula is C12H28N2. The summed E-state index contributed by atoms with van der Waals surface area (Å²) in [5, 5.41) is 0. The number of nitrogens with zero attached hydrogens (tertiary/aromatic N) is 1. The predicted octanol–water partition coefficient (Wildman–Crippen LogP) is 2.48. The normalized spacial score (nSPS) is 15.9. The van der Waals surface area contributed by atoms with Crippen LogP contribution in [0.15, 0.2) is 0 Å². The van der Waals surface area contributed by atoms with E-state index in [0.717, 1.165) is 6.54 Å². The fourth-order valence-corrected chi connectivity index (χ4v) is 1.90. The Bertz CT molecular complexity index is 125. The van der Waals surface area contributed by atoms with Crippen molar-refractivity contribution in [2.45, 2.75) is 52.5 Å². The van der Waals surface area contributed by atoms with Crippen molar-refractivity contribution in [1.82, 2.24) is 4.90 Å². The van der Waals surface area contributed by atoms with Gasteiger partial charge in [-0.25, -0.2) is 0 Å². The van der Waals surface area contributed by atoms with Crippen molar-refractivity contribution in [2.75, 3.05) is 20.1 Å². The maximum Gasteiger partial charge on any atom is 0.0240 e. The van der Waals surface area contributed by atoms with Crippen molar-refractivity contribution in [3.8, 4) is 0 Å². The second-order valence-corrected chi connectivity index (χ2v) is 4.38. The van der Waals surface area contributed by atoms with E-state index in [1.54, 1.807) is 0 Å². The fourth-order valence-electron chi connectivity index (χ4n) is 1.90. The van der Waals surface area contributed by atoms with E-state index in [-0.39, 0.29) is 0 Å². The van der Waals surface area contributed by atoms with Crippen LogP contribution in [0.2, 0.25) is 0 Å². The molecule has 0 fully saturated rings. The number of rotatable bonds is 8. The van der Waals surface area contributed by atoms with Crippen LogP contribution in [0.4, 0.5) is 0 Å². The molecule has 0 aliphatic carbocycles. The first kappa shape index (κ1) is 13.9. The summed E-state index contributed by atoms with van der Waals surface area (Å²) in [4.78, 5) is 2.43. The third-order valence-electron chi connectivity index (χ3n) is 3.22. The fraction of sp³-hybridized carbons (Fsp3) is 1.00. The minimum absolute atomic E-state index is 0.567. The van der Waals surface area contributed by atoms with E-state index < -0.39 is 0 Å². The summed E-state index contributed by atoms with van der Waals surface area (Å²) in [6.07, 6.45) is 5.16. The molecule has 2 N–H and O–H groups in total. The van der Waals surface area contributed by atoms with Gasteiger partial charge in [-0.1, -0.05) is 40.0 Å². The van der Waals surface area contributed by atoms with Crippen LogP contribution in [0.1, 0.15) is 46.5 Å². The summed E-state index contributed by atoms with van der Waals surface area (Å²) >= 11 is 0. The Morgan fingerprint density at radius 3 is 2.29 bits per heavy atom. The van der Waals surface area contributed by atoms with E-state index in [1.807, 2.05) is 0 Å². The van der Waals surface area contributed by atoms with E-state index in [2.05, 4.69) is 32.7 Å². The molecule has 0 amide bonds. The maximum atomic E-state index is 5.81. The summed E-state index contributed by atoms with van der Waals surface area (Å²) in [6.45, 7) is 8.77. The number of hydrogen-bond acceptors (Lipinski definition) is 2. The first-order chi connectivity index (χ1) is 6.67. The molecule has 0 rings (SSSR count). The number of unbranched alkanes of at least 4 members (excludes halogenated alkanes) is 2. The third kappa shape index (κ3) is 4.97. The van der Waals surface area contributed by atoms with Crippen molar-refractivity contribution in [1.29, 1.82) is 0 Å². The summed E-state index contributed by atoms with van der Waals surface area (Å²) < 4.78 is 0. The van der Waals surface area contributed by atoms with Gasteiger partial charge in [-0.2, -0.15) is 0 Å². The molecule has 2 heteroatoms. The Morgan fingerprint density at radius 2 is 1.86 bits per heavy atom. The molecule has 0 aromatic rings. The minimum Gasteiger partial charge on any atom is -0.329 e. The molecule has 0 radical (unpaired) electrons. The highest BCUT2D eigenvalue weighted by Crippen LogP contribution is 2.13. The highest BCUT2D eigenvalue weighted by atomic mass is 15.1. The van der Waals surface area contributed by atoms with E-state index in [9.17, 15) is 0 Å². The van der Waals surface area contributed by atoms with Gasteiger partial charge in [0.15, 0.2) is 0 Å². The van der Waals surface area contributed by atoms with Gasteiger partial charge in [-0.15, -0.1) is 0 Å². The number of likely N-dealkylation sites (N-methyl/N-ethyl adjacent to an activating group) is 1. The van der Waals surface area contributed by atoms with Crippen LogP contribution in [0, 0.1) is 5.92 Å². The van der Waals surface area contributed by atoms with Crippen LogP contribution < -0.4 is 5.73 Å². The largest absolute Gasteiger partial charge is 0.329 e. The van der Waals surface area contributed by atoms with Crippen LogP contribution in [-0.4, -0.2) is 31.1 Å². The summed E-state index contributed by atoms with van der Waals surface area (Å²) in [5.74, 6) is 0.714. The first-order valence-corrected chi connectivity index (χ1v) is 6.07. The summed E-state index contributed by atoms with van der Waals surface area (Å²) in [6, 6.07) is 0.567. The molecule has 0 saturated heterocycles. The molecule has 0 saturated carbocycles. The van der Waals surface area contributed by atoms with Crippen molar-refractivity contribution in [3.63, 3.8) is 0 Å². The highest BCUT2D eigenvalue weighted by Gasteiger charge is 2.18. The van der Waals surface area contributed by atoms with Crippen molar-refractivity contribution < 1.29 is 0 Å². The molecule has 0 bridgehead atoms. The van der Waals surface area contributed by atoms with E-state index in [1.165, 1.54) is 32.2 Å². The van der Waals surface area contributed by atoms with Crippen LogP contribution in [0.3, 0.4) is 0 Å². The zero-order chi connectivity index (χ0) is 11.0. The van der Waals surface area contributed by atoms with E-state index >= 15 is 0 Å². The Labute approximate surface area is 89.9 Å². The molecule has 0 aromatic heterocycles. The Kier molecular flexibility index (Phi) is 8.20. The Morgan fingerprint density at radius 1 is 1.21 bits per heavy atom. The molecule has 0 aliphatic heterocycles. The van der Waals surface area contributed by atoms with Gasteiger partial charge in [0, 0.05) is 12.6 Å². The van der Waals surface area contributed by atoms with Gasteiger partial charge in [0.1, 0.15) is 0 Å². The van der Waals surface area contributed by atoms with Gasteiger partial charge < -0.3 is 10.6 Å². The van der Waals surface area contributed by atoms with Crippen LogP contribution >= 0.6 is 0 Å². The lowest BCUT2D eigenvalue weighted by atomic mass is 9.98. The molecular weight excluding hydrogens is 172 g/mol. The average Bonchev–Trinajstić information content (AvgIpc) is 2.19. The molecule has 86 valence electrons. The molecule has 0 aromatic carbocycles. The lowest BCUT2D eigenvalue weighted by molar-refractivity contribution is 0.182. The average molecular weight is 200 g/mol. The topological polar surface area (TPSA) is 29.3 Å². The van der Waals surface area contributed by atoms with Gasteiger partial charge in [0.2, 0.25) is 0 Å². The van der Waals surface area contributed by atoms with E-state index in [4.69, 9.17) is 5.73 Å². The molecule has 2 nitrogen and oxygen atoms in total. The second-order valence-electron chi connectivity index (χ2n) is 4.38. The zero-order valence-corrected chi connectivity index (χ0v) is 10.4. The molecule has 0 heterocycles. The zero-order valence-electron chi connectivity index (χ0n) is 10.4. The van der Waals surface area contributed by atoms with Crippen LogP contribution in [0.25, 0.3) is 0 Å². The highest BCUT2D eigenvalue weighted by molar-refractivity contribution is 4.74. The van der Waals surface area contributed by atoms with Crippen molar-refractivity contribution >= 4 is 0 Å². The Balaban J connectivity index is 3.84. The quantitative estimate of drug-likeness (QED) is 0.610. The third-order valence-corrected chi connectivity index (χ3v) is 3.22. The smallest absolute Gasteiger partial charge is 0.0240 e. The van der Waals surface area contributed by atoms with Crippen molar-refractivity contribution in [2.24, 2.45) is 11.7 Å². The van der Waals surface area contributed by atoms with E-state index in [0.29, 0.717) is 12.0 Å². The van der Waals surface area contributed by atoms with Gasteiger partial charge >= 0.3 is 0 Å². The molecule has 2 atom stereocenters. The van der Waals surface area contributed by atoms with Gasteiger partial charge in [-0.3, -0.25) is 0 Å². The number of nitrogens with two attached hydrogens (primary N) is 1. The molecule has 0 spiro atoms. The monoisotopic (exact) mass is 200 g/mol. The minimum atomic E-state index is 0.567. The van der Waals surface area contributed by atoms with Crippen LogP contribution in [-0.2, 0) is 0 Å². The maximum absolute atomic E-state index is 5.81. The second kappa shape index (κ2) is 8.25. The van der Waals surface area contributed by atoms with Crippen molar-refractivity contribution in [3.05, 3.63) is 0 Å². The van der Waals surface area contributed by atoms with Gasteiger partial charge in [-0.05, 0) is 25.9 Å². The Hall–Kier alpha value is -0.0800. The summed E-state index contributed by atoms with van der Waals surface area (Å²) in [5.41, 5.74) is 5.81. The summed E-state index contributed by atoms with van der Waals surface area (Å²) in [7, 11) is 2.21. The molecule has 14 heavy (non-hydrogen) atoms. The van der Waals surface area contributed by atoms with Gasteiger partial charge in [0.25, 0.3) is 0 Å². The van der Waals surface area contributed by atoms with Crippen LogP contribution in [0.5, 0.6) is 0 Å². The number of hydrogen-bond donors (Lipinski definition) is 1. The lowest BCUT2D eigenvalue weighted by Crippen LogP contribution is -2.42. The standard InChI is InChI=1S/C12H28N2/c1-5-7-8-9-14(4)12(10-13)11(3)6-2/h11-12H,5-10,13H2,1-4H3. The predicted molar refractivity (Wildman–Crippen MR) is 64.5 cm³/mol. The molecule has 2 unspecified atom stereocenters. The SMILES string of the molecule is CCCCCN(C)C(CN)C(C)CC. The van der Waals surface area contributed by atoms with Gasteiger partial charge in [0.05, 0.1) is 0 Å². The lowest BCUT2D eigenvalue weighted by Gasteiger charge is -2.31.